The quantitative estimate of drug-likeness (QED) is 0.528. The van der Waals surface area contributed by atoms with Crippen LogP contribution in [0.3, 0.4) is 0 Å². The van der Waals surface area contributed by atoms with Gasteiger partial charge in [0.1, 0.15) is 27.4 Å². The number of amides is 1. The summed E-state index contributed by atoms with van der Waals surface area (Å²) < 4.78 is 39.6. The fourth-order valence-electron chi connectivity index (χ4n) is 3.61. The van der Waals surface area contributed by atoms with Gasteiger partial charge in [-0.25, -0.2) is 18.7 Å². The van der Waals surface area contributed by atoms with E-state index in [0.717, 1.165) is 11.6 Å². The third-order valence-corrected chi connectivity index (χ3v) is 6.57. The van der Waals surface area contributed by atoms with Gasteiger partial charge in [0.2, 0.25) is 5.95 Å². The maximum Gasteiger partial charge on any atom is 0.272 e. The predicted octanol–water partition coefficient (Wildman–Crippen LogP) is 3.23. The lowest BCUT2D eigenvalue weighted by Crippen LogP contribution is -2.33. The molecule has 0 spiro atoms. The van der Waals surface area contributed by atoms with E-state index in [1.54, 1.807) is 25.3 Å². The van der Waals surface area contributed by atoms with Gasteiger partial charge in [-0.3, -0.25) is 4.79 Å². The number of rotatable bonds is 4. The number of halogens is 1. The zero-order valence-electron chi connectivity index (χ0n) is 17.0. The number of pyridine rings is 1. The van der Waals surface area contributed by atoms with Crippen molar-refractivity contribution in [1.82, 2.24) is 14.3 Å². The first-order valence-electron chi connectivity index (χ1n) is 9.63. The Morgan fingerprint density at radius 1 is 1.38 bits per heavy atom. The Bertz CT molecular complexity index is 1370. The molecule has 32 heavy (non-hydrogen) atoms. The molecule has 0 radical (unpaired) electrons. The Morgan fingerprint density at radius 3 is 2.84 bits per heavy atom. The second-order valence-corrected chi connectivity index (χ2v) is 9.11. The van der Waals surface area contributed by atoms with Crippen LogP contribution in [-0.4, -0.2) is 25.7 Å². The number of carbonyl (C=O) groups is 1. The molecule has 3 N–H and O–H groups in total. The van der Waals surface area contributed by atoms with Gasteiger partial charge >= 0.3 is 0 Å². The minimum Gasteiger partial charge on any atom is -0.345 e. The van der Waals surface area contributed by atoms with E-state index in [1.807, 2.05) is 30.3 Å². The fourth-order valence-corrected chi connectivity index (χ4v) is 5.11. The highest BCUT2D eigenvalue weighted by atomic mass is 32.2. The predicted molar refractivity (Wildman–Crippen MR) is 118 cm³/mol. The molecule has 1 aliphatic rings. The number of benzene rings is 1. The standard InChI is InChI=1S/C22H19FN6O2S/c1-29-13-19-18(21(29)22(30)27-16-10-17(12-24)26-20(23)11-16)8-7-15(28-32(19,25)31)9-14-5-3-2-4-6-14/h2-8,10-11,13,15H,9H2,1H3,(H2,25,28,31)(H,26,27,30)/t15-,32?/m1/s1. The number of aromatic nitrogens is 2. The van der Waals surface area contributed by atoms with Crippen LogP contribution < -0.4 is 10.0 Å². The van der Waals surface area contributed by atoms with Gasteiger partial charge in [0, 0.05) is 36.6 Å². The average molecular weight is 450 g/mol. The molecule has 0 fully saturated rings. The lowest BCUT2D eigenvalue weighted by Gasteiger charge is -2.15. The number of fused-ring (bicyclic) bond motifs is 1. The molecule has 1 amide bonds. The first-order valence-corrected chi connectivity index (χ1v) is 11.2. The van der Waals surface area contributed by atoms with Crippen molar-refractivity contribution in [3.63, 3.8) is 0 Å². The zero-order valence-corrected chi connectivity index (χ0v) is 17.8. The molecule has 2 atom stereocenters. The van der Waals surface area contributed by atoms with Gasteiger partial charge in [-0.15, -0.1) is 0 Å². The van der Waals surface area contributed by atoms with E-state index in [4.69, 9.17) is 10.0 Å². The monoisotopic (exact) mass is 450 g/mol. The molecule has 3 aromatic rings. The first kappa shape index (κ1) is 21.4. The number of anilines is 1. The molecule has 4 rings (SSSR count). The Labute approximate surface area is 184 Å². The van der Waals surface area contributed by atoms with Gasteiger partial charge in [-0.05, 0) is 18.1 Å². The second kappa shape index (κ2) is 8.37. The normalized spacial score (nSPS) is 19.6. The molecular weight excluding hydrogens is 431 g/mol. The molecule has 0 bridgehead atoms. The summed E-state index contributed by atoms with van der Waals surface area (Å²) in [6, 6.07) is 13.2. The van der Waals surface area contributed by atoms with Gasteiger partial charge in [-0.2, -0.15) is 9.65 Å². The van der Waals surface area contributed by atoms with Gasteiger partial charge in [-0.1, -0.05) is 42.5 Å². The van der Waals surface area contributed by atoms with Crippen LogP contribution in [0, 0.1) is 22.1 Å². The maximum atomic E-state index is 13.6. The lowest BCUT2D eigenvalue weighted by atomic mass is 10.1. The van der Waals surface area contributed by atoms with Crippen LogP contribution in [-0.2, 0) is 23.4 Å². The highest BCUT2D eigenvalue weighted by Gasteiger charge is 2.28. The van der Waals surface area contributed by atoms with Gasteiger partial charge in [0.15, 0.2) is 0 Å². The number of nitrogens with zero attached hydrogens (tertiary/aromatic N) is 3. The van der Waals surface area contributed by atoms with Crippen LogP contribution in [0.25, 0.3) is 6.08 Å². The van der Waals surface area contributed by atoms with Crippen LogP contribution in [0.15, 0.2) is 59.6 Å². The number of aryl methyl sites for hydroxylation is 1. The first-order chi connectivity index (χ1) is 15.3. The summed E-state index contributed by atoms with van der Waals surface area (Å²) in [6.07, 6.45) is 5.47. The minimum atomic E-state index is -3.40. The Morgan fingerprint density at radius 2 is 2.12 bits per heavy atom. The van der Waals surface area contributed by atoms with E-state index in [2.05, 4.69) is 15.0 Å². The third kappa shape index (κ3) is 4.30. The summed E-state index contributed by atoms with van der Waals surface area (Å²) in [5.41, 5.74) is 1.42. The summed E-state index contributed by atoms with van der Waals surface area (Å²) >= 11 is 0. The fraction of sp³-hybridized carbons (Fsp3) is 0.136. The summed E-state index contributed by atoms with van der Waals surface area (Å²) in [4.78, 5) is 16.6. The molecule has 0 saturated heterocycles. The SMILES string of the molecule is Cn1cc2c(c1C(=O)Nc1cc(F)nc(C#N)c1)C=C[C@H](Cc1ccccc1)NS2(=N)=O. The smallest absolute Gasteiger partial charge is 0.272 e. The molecule has 8 nitrogen and oxygen atoms in total. The molecule has 162 valence electrons. The summed E-state index contributed by atoms with van der Waals surface area (Å²) in [6.45, 7) is 0. The summed E-state index contributed by atoms with van der Waals surface area (Å²) in [5, 5.41) is 11.5. The molecule has 1 aromatic carbocycles. The molecule has 10 heteroatoms. The Balaban J connectivity index is 1.68. The van der Waals surface area contributed by atoms with Crippen molar-refractivity contribution < 1.29 is 13.4 Å². The Hall–Kier alpha value is -3.81. The van der Waals surface area contributed by atoms with E-state index < -0.39 is 21.8 Å². The van der Waals surface area contributed by atoms with Crippen LogP contribution in [0.1, 0.15) is 27.3 Å². The van der Waals surface area contributed by atoms with Crippen LogP contribution in [0.4, 0.5) is 10.1 Å². The van der Waals surface area contributed by atoms with Crippen molar-refractivity contribution in [3.8, 4) is 6.07 Å². The molecule has 1 aliphatic heterocycles. The van der Waals surface area contributed by atoms with E-state index >= 15 is 0 Å². The van der Waals surface area contributed by atoms with E-state index in [1.165, 1.54) is 16.8 Å². The molecule has 0 aliphatic carbocycles. The molecule has 0 saturated carbocycles. The van der Waals surface area contributed by atoms with Crippen molar-refractivity contribution in [2.75, 3.05) is 5.32 Å². The lowest BCUT2D eigenvalue weighted by molar-refractivity contribution is 0.101. The third-order valence-electron chi connectivity index (χ3n) is 4.99. The maximum absolute atomic E-state index is 13.6. The van der Waals surface area contributed by atoms with Gasteiger partial charge in [0.05, 0.1) is 4.90 Å². The molecule has 1 unspecified atom stereocenters. The minimum absolute atomic E-state index is 0.0679. The van der Waals surface area contributed by atoms with Crippen molar-refractivity contribution in [2.45, 2.75) is 17.4 Å². The van der Waals surface area contributed by atoms with Crippen LogP contribution in [0.5, 0.6) is 0 Å². The van der Waals surface area contributed by atoms with Crippen molar-refractivity contribution in [1.29, 1.82) is 10.0 Å². The highest BCUT2D eigenvalue weighted by Crippen LogP contribution is 2.28. The van der Waals surface area contributed by atoms with Crippen LogP contribution in [0.2, 0.25) is 0 Å². The number of nitriles is 1. The largest absolute Gasteiger partial charge is 0.345 e. The van der Waals surface area contributed by atoms with Crippen LogP contribution >= 0.6 is 0 Å². The summed E-state index contributed by atoms with van der Waals surface area (Å²) in [5.74, 6) is -1.49. The number of hydrogen-bond donors (Lipinski definition) is 3. The van der Waals surface area contributed by atoms with E-state index in [9.17, 15) is 13.4 Å². The second-order valence-electron chi connectivity index (χ2n) is 7.33. The highest BCUT2D eigenvalue weighted by molar-refractivity contribution is 7.90. The van der Waals surface area contributed by atoms with Crippen molar-refractivity contribution >= 4 is 27.6 Å². The zero-order chi connectivity index (χ0) is 22.9. The summed E-state index contributed by atoms with van der Waals surface area (Å²) in [7, 11) is -1.80. The topological polar surface area (TPSA) is 124 Å². The molecular formula is C22H19FN6O2S. The Kier molecular flexibility index (Phi) is 5.61. The number of hydrogen-bond acceptors (Lipinski definition) is 5. The van der Waals surface area contributed by atoms with Gasteiger partial charge in [0.25, 0.3) is 5.91 Å². The van der Waals surface area contributed by atoms with Crippen molar-refractivity contribution in [3.05, 3.63) is 83.2 Å². The van der Waals surface area contributed by atoms with E-state index in [0.29, 0.717) is 12.0 Å². The number of nitrogens with one attached hydrogen (secondary N) is 3. The van der Waals surface area contributed by atoms with Gasteiger partial charge < -0.3 is 9.88 Å². The average Bonchev–Trinajstić information content (AvgIpc) is 3.03. The number of carbonyl (C=O) groups excluding carboxylic acids is 1. The van der Waals surface area contributed by atoms with E-state index in [-0.39, 0.29) is 28.0 Å². The van der Waals surface area contributed by atoms with Crippen molar-refractivity contribution in [2.24, 2.45) is 7.05 Å². The molecule has 2 aromatic heterocycles. The molecule has 3 heterocycles.